The van der Waals surface area contributed by atoms with Gasteiger partial charge < -0.3 is 10.5 Å². The van der Waals surface area contributed by atoms with Gasteiger partial charge in [0, 0.05) is 10.6 Å². The molecule has 7 rings (SSSR count). The summed E-state index contributed by atoms with van der Waals surface area (Å²) in [7, 11) is 0. The average molecular weight is 584 g/mol. The molecule has 39 heavy (non-hydrogen) atoms. The smallest absolute Gasteiger partial charge is 0.330 e. The number of hydrogen-bond donors (Lipinski definition) is 1. The molecule has 198 valence electrons. The normalized spacial score (nSPS) is 27.0. The molecule has 3 amide bonds. The molecule has 0 aromatic heterocycles. The van der Waals surface area contributed by atoms with E-state index in [9.17, 15) is 19.2 Å². The number of likely N-dealkylation sites (tertiary alicyclic amines) is 1. The van der Waals surface area contributed by atoms with E-state index < -0.39 is 57.7 Å². The van der Waals surface area contributed by atoms with Gasteiger partial charge in [-0.15, -0.1) is 23.2 Å². The van der Waals surface area contributed by atoms with Crippen molar-refractivity contribution >= 4 is 58.5 Å². The van der Waals surface area contributed by atoms with Crippen molar-refractivity contribution in [1.82, 2.24) is 4.90 Å². The topological polar surface area (TPSA) is 107 Å². The number of amides is 3. The van der Waals surface area contributed by atoms with E-state index in [1.807, 2.05) is 0 Å². The summed E-state index contributed by atoms with van der Waals surface area (Å²) < 4.78 is 5.43. The number of alkyl halides is 2. The highest BCUT2D eigenvalue weighted by atomic mass is 35.5. The van der Waals surface area contributed by atoms with E-state index >= 15 is 0 Å². The highest BCUT2D eigenvalue weighted by molar-refractivity contribution is 6.36. The monoisotopic (exact) mass is 582 g/mol. The van der Waals surface area contributed by atoms with Crippen LogP contribution < -0.4 is 5.73 Å². The lowest BCUT2D eigenvalue weighted by atomic mass is 9.54. The third-order valence-corrected chi connectivity index (χ3v) is 9.58. The van der Waals surface area contributed by atoms with Crippen LogP contribution in [0.3, 0.4) is 0 Å². The fraction of sp³-hybridized carbons (Fsp3) is 0.241. The predicted octanol–water partition coefficient (Wildman–Crippen LogP) is 4.22. The maximum atomic E-state index is 14.1. The molecule has 0 unspecified atom stereocenters. The van der Waals surface area contributed by atoms with Gasteiger partial charge in [0.2, 0.25) is 17.7 Å². The maximum Gasteiger partial charge on any atom is 0.330 e. The highest BCUT2D eigenvalue weighted by Crippen LogP contribution is 2.69. The Bertz CT molecular complexity index is 1450. The minimum atomic E-state index is -1.60. The van der Waals surface area contributed by atoms with Gasteiger partial charge in [0.15, 0.2) is 0 Å². The minimum absolute atomic E-state index is 0.230. The number of esters is 1. The van der Waals surface area contributed by atoms with Crippen LogP contribution in [0.1, 0.15) is 34.2 Å². The van der Waals surface area contributed by atoms with Gasteiger partial charge in [-0.2, -0.15) is 0 Å². The molecule has 3 aliphatic carbocycles. The lowest BCUT2D eigenvalue weighted by Crippen LogP contribution is -2.57. The second-order valence-corrected chi connectivity index (χ2v) is 11.5. The summed E-state index contributed by atoms with van der Waals surface area (Å²) in [4.78, 5) is 51.6. The van der Waals surface area contributed by atoms with Crippen molar-refractivity contribution in [2.75, 3.05) is 0 Å². The van der Waals surface area contributed by atoms with Crippen LogP contribution in [0.2, 0.25) is 5.02 Å². The summed E-state index contributed by atoms with van der Waals surface area (Å²) in [6.45, 7) is -0.230. The minimum Gasteiger partial charge on any atom is -0.459 e. The van der Waals surface area contributed by atoms with Crippen LogP contribution in [0, 0.1) is 11.8 Å². The summed E-state index contributed by atoms with van der Waals surface area (Å²) in [6, 6.07) is 19.5. The number of ether oxygens (including phenoxy) is 1. The molecule has 10 heteroatoms. The van der Waals surface area contributed by atoms with Crippen molar-refractivity contribution in [2.24, 2.45) is 17.6 Å². The first-order chi connectivity index (χ1) is 18.6. The largest absolute Gasteiger partial charge is 0.459 e. The molecule has 3 atom stereocenters. The lowest BCUT2D eigenvalue weighted by molar-refractivity contribution is -0.160. The standard InChI is InChI=1S/C29H21Cl3N2O5/c30-20-12-6-1-7-15(20)14-39-27(38)21(13-22(33)35)34-25(36)23-24(26(34)37)29(32)17-9-3-2-8-16(17)28(23,31)18-10-4-5-11-19(18)29/h1-12,21,23-24H,13-14H2,(H2,33,35)/t21-,23-,24-,28?,29?/m1/s1. The summed E-state index contributed by atoms with van der Waals surface area (Å²) in [6.07, 6.45) is -0.622. The number of primary amides is 1. The van der Waals surface area contributed by atoms with E-state index in [4.69, 9.17) is 45.3 Å². The average Bonchev–Trinajstić information content (AvgIpc) is 3.20. The molecule has 2 bridgehead atoms. The van der Waals surface area contributed by atoms with Crippen LogP contribution in [0.4, 0.5) is 0 Å². The van der Waals surface area contributed by atoms with Gasteiger partial charge in [0.05, 0.1) is 18.3 Å². The van der Waals surface area contributed by atoms with E-state index in [0.717, 1.165) is 4.90 Å². The Kier molecular flexibility index (Phi) is 6.02. The first-order valence-electron chi connectivity index (χ1n) is 12.2. The zero-order valence-corrected chi connectivity index (χ0v) is 22.5. The number of rotatable bonds is 6. The molecule has 4 aliphatic rings. The van der Waals surface area contributed by atoms with E-state index in [1.165, 1.54) is 0 Å². The van der Waals surface area contributed by atoms with Gasteiger partial charge in [-0.3, -0.25) is 19.3 Å². The van der Waals surface area contributed by atoms with Crippen molar-refractivity contribution in [3.05, 3.63) is 106 Å². The van der Waals surface area contributed by atoms with Gasteiger partial charge in [-0.05, 0) is 28.3 Å². The molecule has 3 aromatic carbocycles. The molecule has 0 spiro atoms. The van der Waals surface area contributed by atoms with Crippen molar-refractivity contribution in [1.29, 1.82) is 0 Å². The molecular formula is C29H21Cl3N2O5. The Balaban J connectivity index is 1.44. The summed E-state index contributed by atoms with van der Waals surface area (Å²) >= 11 is 21.0. The zero-order chi connectivity index (χ0) is 27.7. The molecular weight excluding hydrogens is 563 g/mol. The molecule has 3 aromatic rings. The first-order valence-corrected chi connectivity index (χ1v) is 13.4. The van der Waals surface area contributed by atoms with Crippen molar-refractivity contribution in [2.45, 2.75) is 28.8 Å². The van der Waals surface area contributed by atoms with Gasteiger partial charge in [0.25, 0.3) is 0 Å². The van der Waals surface area contributed by atoms with Gasteiger partial charge in [-0.1, -0.05) is 78.3 Å². The molecule has 7 nitrogen and oxygen atoms in total. The highest BCUT2D eigenvalue weighted by Gasteiger charge is 2.73. The maximum absolute atomic E-state index is 14.1. The SMILES string of the molecule is NC(=O)C[C@H](C(=O)OCc1ccccc1Cl)N1C(=O)[C@H]2[C@H](C1=O)C1(Cl)c3ccccc3C2(Cl)c2ccccc21. The number of nitrogens with zero attached hydrogens (tertiary/aromatic N) is 1. The van der Waals surface area contributed by atoms with Crippen molar-refractivity contribution < 1.29 is 23.9 Å². The number of halogens is 3. The molecule has 1 fully saturated rings. The number of carbonyl (C=O) groups is 4. The fourth-order valence-electron chi connectivity index (χ4n) is 6.33. The number of carbonyl (C=O) groups excluding carboxylic acids is 4. The molecule has 0 radical (unpaired) electrons. The zero-order valence-electron chi connectivity index (χ0n) is 20.3. The Hall–Kier alpha value is -3.39. The Morgan fingerprint density at radius 2 is 1.26 bits per heavy atom. The van der Waals surface area contributed by atoms with Crippen molar-refractivity contribution in [3.8, 4) is 0 Å². The van der Waals surface area contributed by atoms with Gasteiger partial charge >= 0.3 is 5.97 Å². The van der Waals surface area contributed by atoms with E-state index in [1.54, 1.807) is 72.8 Å². The van der Waals surface area contributed by atoms with Crippen molar-refractivity contribution in [3.63, 3.8) is 0 Å². The van der Waals surface area contributed by atoms with Crippen LogP contribution in [-0.2, 0) is 40.3 Å². The fourth-order valence-corrected chi connectivity index (χ4v) is 7.62. The van der Waals surface area contributed by atoms with E-state index in [2.05, 4.69) is 0 Å². The number of benzene rings is 3. The summed E-state index contributed by atoms with van der Waals surface area (Å²) in [5, 5.41) is 0.372. The van der Waals surface area contributed by atoms with Crippen LogP contribution in [-0.4, -0.2) is 34.6 Å². The second kappa shape index (κ2) is 9.08. The van der Waals surface area contributed by atoms with Crippen LogP contribution in [0.15, 0.2) is 72.8 Å². The Morgan fingerprint density at radius 1 is 0.821 bits per heavy atom. The van der Waals surface area contributed by atoms with Gasteiger partial charge in [0.1, 0.15) is 22.4 Å². The Morgan fingerprint density at radius 3 is 1.69 bits per heavy atom. The molecule has 2 N–H and O–H groups in total. The quantitative estimate of drug-likeness (QED) is 0.266. The summed E-state index contributed by atoms with van der Waals surface area (Å²) in [5.74, 6) is -5.53. The third kappa shape index (κ3) is 3.50. The number of nitrogens with two attached hydrogens (primary N) is 1. The van der Waals surface area contributed by atoms with E-state index in [0.29, 0.717) is 32.8 Å². The Labute approximate surface area is 238 Å². The predicted molar refractivity (Wildman–Crippen MR) is 144 cm³/mol. The van der Waals surface area contributed by atoms with Gasteiger partial charge in [-0.25, -0.2) is 4.79 Å². The molecule has 1 saturated heterocycles. The lowest BCUT2D eigenvalue weighted by Gasteiger charge is -2.54. The van der Waals surface area contributed by atoms with Crippen LogP contribution in [0.5, 0.6) is 0 Å². The number of imide groups is 1. The second-order valence-electron chi connectivity index (χ2n) is 9.90. The molecule has 1 aliphatic heterocycles. The summed E-state index contributed by atoms with van der Waals surface area (Å²) in [5.41, 5.74) is 8.46. The van der Waals surface area contributed by atoms with E-state index in [-0.39, 0.29) is 6.61 Å². The molecule has 1 heterocycles. The number of hydrogen-bond acceptors (Lipinski definition) is 5. The van der Waals surface area contributed by atoms with Crippen LogP contribution >= 0.6 is 34.8 Å². The third-order valence-electron chi connectivity index (χ3n) is 7.93. The first kappa shape index (κ1) is 25.9. The molecule has 0 saturated carbocycles. The van der Waals surface area contributed by atoms with Crippen LogP contribution in [0.25, 0.3) is 0 Å².